The van der Waals surface area contributed by atoms with Crippen LogP contribution in [0.3, 0.4) is 0 Å². The highest BCUT2D eigenvalue weighted by molar-refractivity contribution is 5.92. The number of ether oxygens (including phenoxy) is 2. The Morgan fingerprint density at radius 3 is 2.38 bits per heavy atom. The summed E-state index contributed by atoms with van der Waals surface area (Å²) in [7, 11) is 3.17. The van der Waals surface area contributed by atoms with Crippen molar-refractivity contribution in [3.8, 4) is 11.5 Å². The number of amides is 1. The second-order valence-corrected chi connectivity index (χ2v) is 5.74. The summed E-state index contributed by atoms with van der Waals surface area (Å²) in [4.78, 5) is 23.4. The number of nitrogens with zero attached hydrogens (tertiary/aromatic N) is 3. The molecule has 0 aliphatic rings. The van der Waals surface area contributed by atoms with Crippen molar-refractivity contribution in [3.05, 3.63) is 41.2 Å². The Labute approximate surface area is 154 Å². The summed E-state index contributed by atoms with van der Waals surface area (Å²) in [6.45, 7) is 7.86. The van der Waals surface area contributed by atoms with Crippen molar-refractivity contribution in [2.45, 2.75) is 27.3 Å². The van der Waals surface area contributed by atoms with Crippen molar-refractivity contribution in [1.29, 1.82) is 0 Å². The van der Waals surface area contributed by atoms with E-state index in [1.165, 1.54) is 0 Å². The van der Waals surface area contributed by atoms with Crippen molar-refractivity contribution in [2.75, 3.05) is 32.2 Å². The first kappa shape index (κ1) is 19.5. The number of hydrogen-bond donors (Lipinski definition) is 1. The molecule has 0 aliphatic heterocycles. The normalized spacial score (nSPS) is 10.3. The summed E-state index contributed by atoms with van der Waals surface area (Å²) in [6.07, 6.45) is 0. The summed E-state index contributed by atoms with van der Waals surface area (Å²) in [5.41, 5.74) is 2.03. The van der Waals surface area contributed by atoms with Gasteiger partial charge in [-0.15, -0.1) is 0 Å². The van der Waals surface area contributed by atoms with Gasteiger partial charge in [-0.05, 0) is 44.5 Å². The van der Waals surface area contributed by atoms with E-state index >= 15 is 0 Å². The maximum Gasteiger partial charge on any atom is 0.270 e. The smallest absolute Gasteiger partial charge is 0.270 e. The van der Waals surface area contributed by atoms with Gasteiger partial charge in [0.15, 0.2) is 11.5 Å². The van der Waals surface area contributed by atoms with Gasteiger partial charge in [0.1, 0.15) is 5.69 Å². The van der Waals surface area contributed by atoms with Gasteiger partial charge in [-0.1, -0.05) is 6.07 Å². The van der Waals surface area contributed by atoms with Gasteiger partial charge in [-0.25, -0.2) is 9.97 Å². The van der Waals surface area contributed by atoms with E-state index in [0.29, 0.717) is 29.7 Å². The van der Waals surface area contributed by atoms with E-state index in [1.54, 1.807) is 20.3 Å². The van der Waals surface area contributed by atoms with Crippen LogP contribution in [-0.4, -0.2) is 43.2 Å². The summed E-state index contributed by atoms with van der Waals surface area (Å²) in [5, 5.41) is 2.89. The Balaban J connectivity index is 2.13. The topological polar surface area (TPSA) is 76.6 Å². The lowest BCUT2D eigenvalue weighted by Crippen LogP contribution is -2.28. The molecule has 0 saturated heterocycles. The number of rotatable bonds is 8. The lowest BCUT2D eigenvalue weighted by molar-refractivity contribution is 0.0945. The van der Waals surface area contributed by atoms with E-state index in [4.69, 9.17) is 9.47 Å². The fourth-order valence-electron chi connectivity index (χ4n) is 2.58. The fraction of sp³-hybridized carbons (Fsp3) is 0.421. The quantitative estimate of drug-likeness (QED) is 0.782. The van der Waals surface area contributed by atoms with Gasteiger partial charge in [-0.2, -0.15) is 0 Å². The van der Waals surface area contributed by atoms with E-state index in [9.17, 15) is 4.79 Å². The highest BCUT2D eigenvalue weighted by atomic mass is 16.5. The zero-order valence-corrected chi connectivity index (χ0v) is 16.0. The molecule has 1 N–H and O–H groups in total. The molecular weight excluding hydrogens is 332 g/mol. The number of carbonyl (C=O) groups excluding carboxylic acids is 1. The lowest BCUT2D eigenvalue weighted by atomic mass is 10.2. The SMILES string of the molecule is CCN(CC)c1nc(C)cc(C(=O)NCc2ccc(OC)c(OC)c2)n1. The number of hydrogen-bond acceptors (Lipinski definition) is 6. The maximum atomic E-state index is 12.5. The first-order chi connectivity index (χ1) is 12.5. The molecule has 140 valence electrons. The average Bonchev–Trinajstić information content (AvgIpc) is 2.66. The summed E-state index contributed by atoms with van der Waals surface area (Å²) < 4.78 is 10.5. The Hall–Kier alpha value is -2.83. The number of carbonyl (C=O) groups is 1. The van der Waals surface area contributed by atoms with E-state index < -0.39 is 0 Å². The van der Waals surface area contributed by atoms with Gasteiger partial charge in [0, 0.05) is 25.3 Å². The predicted octanol–water partition coefficient (Wildman–Crippen LogP) is 2.58. The monoisotopic (exact) mass is 358 g/mol. The number of methoxy groups -OCH3 is 2. The van der Waals surface area contributed by atoms with Crippen LogP contribution in [0.5, 0.6) is 11.5 Å². The maximum absolute atomic E-state index is 12.5. The second-order valence-electron chi connectivity index (χ2n) is 5.74. The first-order valence-corrected chi connectivity index (χ1v) is 8.62. The van der Waals surface area contributed by atoms with Gasteiger partial charge in [-0.3, -0.25) is 4.79 Å². The molecule has 0 bridgehead atoms. The summed E-state index contributed by atoms with van der Waals surface area (Å²) in [5.74, 6) is 1.61. The van der Waals surface area contributed by atoms with Crippen LogP contribution in [0.15, 0.2) is 24.3 Å². The molecular formula is C19H26N4O3. The van der Waals surface area contributed by atoms with Crippen LogP contribution in [0.25, 0.3) is 0 Å². The predicted molar refractivity (Wildman–Crippen MR) is 101 cm³/mol. The molecule has 26 heavy (non-hydrogen) atoms. The Morgan fingerprint density at radius 1 is 1.08 bits per heavy atom. The molecule has 2 aromatic rings. The number of benzene rings is 1. The minimum atomic E-state index is -0.237. The Bertz CT molecular complexity index is 760. The van der Waals surface area contributed by atoms with E-state index in [0.717, 1.165) is 24.3 Å². The third-order valence-corrected chi connectivity index (χ3v) is 4.02. The molecule has 0 spiro atoms. The van der Waals surface area contributed by atoms with Crippen LogP contribution in [0.4, 0.5) is 5.95 Å². The van der Waals surface area contributed by atoms with Crippen molar-refractivity contribution in [2.24, 2.45) is 0 Å². The van der Waals surface area contributed by atoms with Crippen LogP contribution in [0.1, 0.15) is 35.6 Å². The standard InChI is InChI=1S/C19H26N4O3/c1-6-23(7-2)19-21-13(3)10-15(22-19)18(24)20-12-14-8-9-16(25-4)17(11-14)26-5/h8-11H,6-7,12H2,1-5H3,(H,20,24). The molecule has 0 saturated carbocycles. The van der Waals surface area contributed by atoms with E-state index in [-0.39, 0.29) is 5.91 Å². The molecule has 0 radical (unpaired) electrons. The van der Waals surface area contributed by atoms with Crippen molar-refractivity contribution < 1.29 is 14.3 Å². The van der Waals surface area contributed by atoms with Gasteiger partial charge >= 0.3 is 0 Å². The largest absolute Gasteiger partial charge is 0.493 e. The fourth-order valence-corrected chi connectivity index (χ4v) is 2.58. The van der Waals surface area contributed by atoms with Crippen LogP contribution < -0.4 is 19.7 Å². The first-order valence-electron chi connectivity index (χ1n) is 8.62. The van der Waals surface area contributed by atoms with Gasteiger partial charge in [0.2, 0.25) is 5.95 Å². The van der Waals surface area contributed by atoms with Crippen molar-refractivity contribution >= 4 is 11.9 Å². The molecule has 1 aromatic carbocycles. The van der Waals surface area contributed by atoms with Crippen molar-refractivity contribution in [1.82, 2.24) is 15.3 Å². The lowest BCUT2D eigenvalue weighted by Gasteiger charge is -2.19. The number of aromatic nitrogens is 2. The zero-order valence-electron chi connectivity index (χ0n) is 16.0. The molecule has 0 aliphatic carbocycles. The van der Waals surface area contributed by atoms with E-state index in [1.807, 2.05) is 43.9 Å². The molecule has 0 unspecified atom stereocenters. The second kappa shape index (κ2) is 9.03. The summed E-state index contributed by atoms with van der Waals surface area (Å²) >= 11 is 0. The number of nitrogens with one attached hydrogen (secondary N) is 1. The Kier molecular flexibility index (Phi) is 6.77. The molecule has 7 nitrogen and oxygen atoms in total. The van der Waals surface area contributed by atoms with Crippen molar-refractivity contribution in [3.63, 3.8) is 0 Å². The van der Waals surface area contributed by atoms with Crippen LogP contribution in [0, 0.1) is 6.92 Å². The minimum absolute atomic E-state index is 0.237. The zero-order chi connectivity index (χ0) is 19.1. The Morgan fingerprint density at radius 2 is 1.77 bits per heavy atom. The third kappa shape index (κ3) is 4.62. The molecule has 1 aromatic heterocycles. The third-order valence-electron chi connectivity index (χ3n) is 4.02. The van der Waals surface area contributed by atoms with Crippen LogP contribution in [-0.2, 0) is 6.54 Å². The van der Waals surface area contributed by atoms with E-state index in [2.05, 4.69) is 15.3 Å². The highest BCUT2D eigenvalue weighted by Crippen LogP contribution is 2.27. The number of anilines is 1. The summed E-state index contributed by atoms with van der Waals surface area (Å²) in [6, 6.07) is 7.23. The molecule has 1 amide bonds. The minimum Gasteiger partial charge on any atom is -0.493 e. The van der Waals surface area contributed by atoms with Gasteiger partial charge in [0.25, 0.3) is 5.91 Å². The van der Waals surface area contributed by atoms with Crippen LogP contribution in [0.2, 0.25) is 0 Å². The number of aryl methyl sites for hydroxylation is 1. The van der Waals surface area contributed by atoms with Crippen LogP contribution >= 0.6 is 0 Å². The molecule has 0 atom stereocenters. The molecule has 2 rings (SSSR count). The molecule has 1 heterocycles. The highest BCUT2D eigenvalue weighted by Gasteiger charge is 2.14. The van der Waals surface area contributed by atoms with Gasteiger partial charge in [0.05, 0.1) is 14.2 Å². The average molecular weight is 358 g/mol. The molecule has 7 heteroatoms. The molecule has 0 fully saturated rings. The van der Waals surface area contributed by atoms with Gasteiger partial charge < -0.3 is 19.7 Å².